The Balaban J connectivity index is 5.21. The quantitative estimate of drug-likeness (QED) is 0.0222. The molecule has 5 atom stereocenters. The molecule has 0 saturated heterocycles. The summed E-state index contributed by atoms with van der Waals surface area (Å²) in [4.78, 5) is 73.4. The van der Waals surface area contributed by atoms with Crippen LogP contribution in [-0.4, -0.2) is 96.7 Å². The third-order valence-electron chi connectivity index (χ3n) is 21.8. The first-order chi connectivity index (χ1) is 54.0. The summed E-state index contributed by atoms with van der Waals surface area (Å²) in [7, 11) is -9.94. The third-order valence-corrected chi connectivity index (χ3v) is 23.7. The van der Waals surface area contributed by atoms with Gasteiger partial charge in [-0.1, -0.05) is 452 Å². The zero-order valence-corrected chi connectivity index (χ0v) is 74.9. The minimum absolute atomic E-state index is 0.109. The lowest BCUT2D eigenvalue weighted by Gasteiger charge is -2.21. The Bertz CT molecular complexity index is 2100. The summed E-state index contributed by atoms with van der Waals surface area (Å²) in [6, 6.07) is 0. The van der Waals surface area contributed by atoms with Crippen molar-refractivity contribution in [3.63, 3.8) is 0 Å². The molecular weight excluding hydrogens is 1440 g/mol. The van der Waals surface area contributed by atoms with Crippen LogP contribution in [0.15, 0.2) is 0 Å². The number of carbonyl (C=O) groups excluding carboxylic acids is 4. The SMILES string of the molecule is CCCCCCCCCCCCCCCCCCCCCCCC(=O)O[C@H](COC(=O)CCCCCCCCCCCCCCCCCCCCCC)COP(=O)(O)OC[C@@H](O)COP(=O)(O)OC[C@@H](COC(=O)CCCCCCCCCC(C)C)OC(=O)CCCCCCCCCCCCCCCCCCCCCC. The Labute approximate surface area is 683 Å². The van der Waals surface area contributed by atoms with Crippen molar-refractivity contribution >= 4 is 39.5 Å². The molecule has 0 aliphatic rings. The topological polar surface area (TPSA) is 237 Å². The summed E-state index contributed by atoms with van der Waals surface area (Å²) in [6.45, 7) is 7.34. The van der Waals surface area contributed by atoms with E-state index in [0.717, 1.165) is 96.3 Å². The number of phosphoric acid groups is 2. The Morgan fingerprint density at radius 3 is 0.613 bits per heavy atom. The van der Waals surface area contributed by atoms with E-state index >= 15 is 0 Å². The summed E-state index contributed by atoms with van der Waals surface area (Å²) in [5.41, 5.74) is 0. The maximum absolute atomic E-state index is 13.2. The van der Waals surface area contributed by atoms with Crippen LogP contribution in [-0.2, 0) is 65.4 Å². The van der Waals surface area contributed by atoms with E-state index < -0.39 is 97.5 Å². The van der Waals surface area contributed by atoms with E-state index in [1.807, 2.05) is 0 Å². The van der Waals surface area contributed by atoms with E-state index in [1.54, 1.807) is 0 Å². The first kappa shape index (κ1) is 109. The molecular formula is C92H180O17P2. The highest BCUT2D eigenvalue weighted by Crippen LogP contribution is 2.45. The van der Waals surface area contributed by atoms with Gasteiger partial charge in [0.25, 0.3) is 0 Å². The van der Waals surface area contributed by atoms with Gasteiger partial charge in [-0.3, -0.25) is 37.3 Å². The monoisotopic (exact) mass is 1620 g/mol. The highest BCUT2D eigenvalue weighted by molar-refractivity contribution is 7.47. The summed E-state index contributed by atoms with van der Waals surface area (Å²) in [5, 5.41) is 10.7. The average Bonchev–Trinajstić information content (AvgIpc) is 0.898. The smallest absolute Gasteiger partial charge is 0.462 e. The summed E-state index contributed by atoms with van der Waals surface area (Å²) in [5.74, 6) is -1.39. The van der Waals surface area contributed by atoms with Crippen LogP contribution in [0.4, 0.5) is 0 Å². The molecule has 17 nitrogen and oxygen atoms in total. The second-order valence-corrected chi connectivity index (χ2v) is 36.4. The molecule has 0 saturated carbocycles. The van der Waals surface area contributed by atoms with E-state index in [0.29, 0.717) is 31.6 Å². The molecule has 0 radical (unpaired) electrons. The molecule has 0 rings (SSSR count). The van der Waals surface area contributed by atoms with E-state index in [2.05, 4.69) is 34.6 Å². The number of hydrogen-bond donors (Lipinski definition) is 3. The van der Waals surface area contributed by atoms with Crippen LogP contribution in [0.25, 0.3) is 0 Å². The van der Waals surface area contributed by atoms with Crippen LogP contribution in [0, 0.1) is 5.92 Å². The highest BCUT2D eigenvalue weighted by atomic mass is 31.2. The zero-order valence-electron chi connectivity index (χ0n) is 73.1. The van der Waals surface area contributed by atoms with Gasteiger partial charge in [-0.05, 0) is 31.6 Å². The van der Waals surface area contributed by atoms with Gasteiger partial charge >= 0.3 is 39.5 Å². The van der Waals surface area contributed by atoms with Crippen molar-refractivity contribution in [2.45, 2.75) is 522 Å². The number of esters is 4. The fourth-order valence-electron chi connectivity index (χ4n) is 14.5. The van der Waals surface area contributed by atoms with Crippen LogP contribution in [0.1, 0.15) is 503 Å². The zero-order chi connectivity index (χ0) is 81.1. The van der Waals surface area contributed by atoms with Crippen molar-refractivity contribution < 1.29 is 80.2 Å². The molecule has 0 bridgehead atoms. The van der Waals surface area contributed by atoms with Crippen LogP contribution in [0.3, 0.4) is 0 Å². The van der Waals surface area contributed by atoms with Gasteiger partial charge in [0.2, 0.25) is 0 Å². The number of phosphoric ester groups is 2. The van der Waals surface area contributed by atoms with Crippen LogP contribution in [0.2, 0.25) is 0 Å². The van der Waals surface area contributed by atoms with Crippen LogP contribution < -0.4 is 0 Å². The standard InChI is InChI=1S/C92H180O17P2/c1-6-9-12-15-18-21-24-27-30-33-36-39-42-45-48-51-54-57-62-67-72-77-91(96)108-87(81-102-89(94)75-70-65-60-55-52-49-46-43-40-37-34-31-28-25-22-19-16-13-10-7-2)83-106-110(98,99)104-79-86(93)80-105-111(100,101)107-84-88(82-103-90(95)76-71-66-63-58-59-64-69-74-85(4)5)109-92(97)78-73-68-61-56-53-50-47-44-41-38-35-32-29-26-23-20-17-14-11-8-3/h85-88,93H,6-84H2,1-5H3,(H,98,99)(H,100,101)/t86-,87-,88-/m1/s1. The van der Waals surface area contributed by atoms with Crippen molar-refractivity contribution in [3.05, 3.63) is 0 Å². The minimum atomic E-state index is -4.97. The van der Waals surface area contributed by atoms with Crippen molar-refractivity contribution in [1.82, 2.24) is 0 Å². The summed E-state index contributed by atoms with van der Waals surface area (Å²) >= 11 is 0. The lowest BCUT2D eigenvalue weighted by Crippen LogP contribution is -2.30. The Kier molecular flexibility index (Phi) is 83.0. The molecule has 0 aliphatic carbocycles. The first-order valence-electron chi connectivity index (χ1n) is 47.6. The Morgan fingerprint density at radius 2 is 0.414 bits per heavy atom. The maximum Gasteiger partial charge on any atom is 0.472 e. The second kappa shape index (κ2) is 84.5. The Hall–Kier alpha value is -1.94. The van der Waals surface area contributed by atoms with Crippen molar-refractivity contribution in [3.8, 4) is 0 Å². The van der Waals surface area contributed by atoms with Gasteiger partial charge in [0.1, 0.15) is 19.3 Å². The number of unbranched alkanes of at least 4 members (excludes halogenated alkanes) is 64. The van der Waals surface area contributed by atoms with Gasteiger partial charge < -0.3 is 33.8 Å². The van der Waals surface area contributed by atoms with Gasteiger partial charge in [0.15, 0.2) is 12.2 Å². The molecule has 0 aromatic carbocycles. The lowest BCUT2D eigenvalue weighted by atomic mass is 10.0. The van der Waals surface area contributed by atoms with Crippen molar-refractivity contribution in [2.75, 3.05) is 39.6 Å². The molecule has 0 fully saturated rings. The van der Waals surface area contributed by atoms with Gasteiger partial charge in [-0.25, -0.2) is 9.13 Å². The third kappa shape index (κ3) is 85.8. The molecule has 0 aromatic rings. The number of rotatable bonds is 92. The number of aliphatic hydroxyl groups excluding tert-OH is 1. The van der Waals surface area contributed by atoms with Gasteiger partial charge in [0.05, 0.1) is 26.4 Å². The van der Waals surface area contributed by atoms with Crippen LogP contribution in [0.5, 0.6) is 0 Å². The molecule has 111 heavy (non-hydrogen) atoms. The van der Waals surface area contributed by atoms with E-state index in [4.69, 9.17) is 37.0 Å². The molecule has 660 valence electrons. The second-order valence-electron chi connectivity index (χ2n) is 33.5. The highest BCUT2D eigenvalue weighted by Gasteiger charge is 2.31. The largest absolute Gasteiger partial charge is 0.472 e. The predicted molar refractivity (Wildman–Crippen MR) is 460 cm³/mol. The molecule has 0 aromatic heterocycles. The lowest BCUT2D eigenvalue weighted by molar-refractivity contribution is -0.161. The number of ether oxygens (including phenoxy) is 4. The minimum Gasteiger partial charge on any atom is -0.462 e. The van der Waals surface area contributed by atoms with Gasteiger partial charge in [0, 0.05) is 25.7 Å². The van der Waals surface area contributed by atoms with Crippen molar-refractivity contribution in [1.29, 1.82) is 0 Å². The fraction of sp³-hybridized carbons (Fsp3) is 0.957. The predicted octanol–water partition coefficient (Wildman–Crippen LogP) is 28.7. The van der Waals surface area contributed by atoms with Gasteiger partial charge in [-0.15, -0.1) is 0 Å². The van der Waals surface area contributed by atoms with Gasteiger partial charge in [-0.2, -0.15) is 0 Å². The summed E-state index contributed by atoms with van der Waals surface area (Å²) in [6.07, 6.45) is 80.9. The summed E-state index contributed by atoms with van der Waals surface area (Å²) < 4.78 is 69.1. The molecule has 19 heteroatoms. The van der Waals surface area contributed by atoms with Crippen LogP contribution >= 0.6 is 15.6 Å². The number of hydrogen-bond acceptors (Lipinski definition) is 15. The maximum atomic E-state index is 13.2. The molecule has 2 unspecified atom stereocenters. The average molecular weight is 1620 g/mol. The first-order valence-corrected chi connectivity index (χ1v) is 50.6. The molecule has 0 heterocycles. The van der Waals surface area contributed by atoms with E-state index in [9.17, 15) is 43.2 Å². The number of aliphatic hydroxyl groups is 1. The number of carbonyl (C=O) groups is 4. The molecule has 0 amide bonds. The normalized spacial score (nSPS) is 13.7. The Morgan fingerprint density at radius 1 is 0.243 bits per heavy atom. The fourth-order valence-corrected chi connectivity index (χ4v) is 16.1. The van der Waals surface area contributed by atoms with Crippen molar-refractivity contribution in [2.24, 2.45) is 5.92 Å². The van der Waals surface area contributed by atoms with E-state index in [1.165, 1.54) is 321 Å². The molecule has 3 N–H and O–H groups in total. The molecule has 0 aliphatic heterocycles. The molecule has 0 spiro atoms. The van der Waals surface area contributed by atoms with E-state index in [-0.39, 0.29) is 25.7 Å².